The Bertz CT molecular complexity index is 282. The van der Waals surface area contributed by atoms with Crippen LogP contribution in [0.3, 0.4) is 0 Å². The van der Waals surface area contributed by atoms with E-state index in [1.54, 1.807) is 11.3 Å². The van der Waals surface area contributed by atoms with E-state index in [1.165, 1.54) is 23.3 Å². The summed E-state index contributed by atoms with van der Waals surface area (Å²) in [6.45, 7) is 0.812. The molecule has 2 N–H and O–H groups in total. The van der Waals surface area contributed by atoms with Gasteiger partial charge in [-0.3, -0.25) is 0 Å². The fraction of sp³-hybridized carbons (Fsp3) is 0.556. The Morgan fingerprint density at radius 2 is 2.50 bits per heavy atom. The highest BCUT2D eigenvalue weighted by Gasteiger charge is 2.19. The Kier molecular flexibility index (Phi) is 2.40. The van der Waals surface area contributed by atoms with E-state index >= 15 is 0 Å². The second-order valence-corrected chi connectivity index (χ2v) is 5.11. The van der Waals surface area contributed by atoms with Crippen molar-refractivity contribution in [3.8, 4) is 0 Å². The predicted molar refractivity (Wildman–Crippen MR) is 53.9 cm³/mol. The summed E-state index contributed by atoms with van der Waals surface area (Å²) in [5.74, 6) is 0.683. The molecule has 1 aromatic rings. The third-order valence-electron chi connectivity index (χ3n) is 2.49. The molecule has 66 valence electrons. The molecule has 0 aromatic carbocycles. The summed E-state index contributed by atoms with van der Waals surface area (Å²) in [4.78, 5) is 1.48. The van der Waals surface area contributed by atoms with E-state index in [4.69, 9.17) is 17.3 Å². The van der Waals surface area contributed by atoms with Gasteiger partial charge in [-0.25, -0.2) is 0 Å². The lowest BCUT2D eigenvalue weighted by molar-refractivity contribution is 0.473. The second-order valence-electron chi connectivity index (χ2n) is 3.34. The van der Waals surface area contributed by atoms with Crippen molar-refractivity contribution in [2.45, 2.75) is 19.3 Å². The highest BCUT2D eigenvalue weighted by atomic mass is 35.5. The maximum absolute atomic E-state index is 5.93. The molecule has 12 heavy (non-hydrogen) atoms. The van der Waals surface area contributed by atoms with Crippen LogP contribution in [-0.2, 0) is 12.8 Å². The van der Waals surface area contributed by atoms with Gasteiger partial charge in [-0.1, -0.05) is 11.6 Å². The summed E-state index contributed by atoms with van der Waals surface area (Å²) < 4.78 is 0.928. The molecule has 1 aliphatic rings. The molecule has 3 heteroatoms. The Morgan fingerprint density at radius 1 is 1.67 bits per heavy atom. The Hall–Kier alpha value is -0.0500. The van der Waals surface area contributed by atoms with Gasteiger partial charge in [-0.15, -0.1) is 11.3 Å². The number of hydrogen-bond acceptors (Lipinski definition) is 2. The van der Waals surface area contributed by atoms with E-state index in [2.05, 4.69) is 6.07 Å². The minimum Gasteiger partial charge on any atom is -0.330 e. The van der Waals surface area contributed by atoms with Crippen molar-refractivity contribution >= 4 is 22.9 Å². The van der Waals surface area contributed by atoms with E-state index < -0.39 is 0 Å². The summed E-state index contributed by atoms with van der Waals surface area (Å²) in [6.07, 6.45) is 3.55. The first kappa shape index (κ1) is 8.54. The van der Waals surface area contributed by atoms with Crippen LogP contribution in [0.15, 0.2) is 6.07 Å². The van der Waals surface area contributed by atoms with Crippen molar-refractivity contribution in [3.63, 3.8) is 0 Å². The maximum Gasteiger partial charge on any atom is 0.0934 e. The topological polar surface area (TPSA) is 26.0 Å². The fourth-order valence-electron chi connectivity index (χ4n) is 1.76. The third-order valence-corrected chi connectivity index (χ3v) is 3.85. The molecule has 1 aliphatic carbocycles. The SMILES string of the molecule is NCC1CCc2sc(Cl)cc2C1. The third kappa shape index (κ3) is 1.51. The fourth-order valence-corrected chi connectivity index (χ4v) is 3.10. The van der Waals surface area contributed by atoms with Crippen molar-refractivity contribution in [2.24, 2.45) is 11.7 Å². The van der Waals surface area contributed by atoms with Gasteiger partial charge in [0.15, 0.2) is 0 Å². The Morgan fingerprint density at radius 3 is 3.25 bits per heavy atom. The highest BCUT2D eigenvalue weighted by molar-refractivity contribution is 7.16. The lowest BCUT2D eigenvalue weighted by atomic mass is 9.89. The summed E-state index contributed by atoms with van der Waals surface area (Å²) in [6, 6.07) is 2.10. The van der Waals surface area contributed by atoms with E-state index in [9.17, 15) is 0 Å². The zero-order chi connectivity index (χ0) is 8.55. The molecule has 0 radical (unpaired) electrons. The van der Waals surface area contributed by atoms with Crippen LogP contribution in [0.2, 0.25) is 4.34 Å². The summed E-state index contributed by atoms with van der Waals surface area (Å²) in [5, 5.41) is 0. The lowest BCUT2D eigenvalue weighted by Gasteiger charge is -2.19. The number of nitrogens with two attached hydrogens (primary N) is 1. The molecule has 0 saturated heterocycles. The highest BCUT2D eigenvalue weighted by Crippen LogP contribution is 2.34. The number of rotatable bonds is 1. The minimum absolute atomic E-state index is 0.683. The van der Waals surface area contributed by atoms with Crippen LogP contribution in [0.5, 0.6) is 0 Å². The Labute approximate surface area is 81.5 Å². The van der Waals surface area contributed by atoms with Gasteiger partial charge < -0.3 is 5.73 Å². The van der Waals surface area contributed by atoms with Crippen LogP contribution in [0, 0.1) is 5.92 Å². The van der Waals surface area contributed by atoms with Gasteiger partial charge in [0.1, 0.15) is 0 Å². The smallest absolute Gasteiger partial charge is 0.0934 e. The first-order chi connectivity index (χ1) is 5.79. The molecule has 0 fully saturated rings. The van der Waals surface area contributed by atoms with E-state index in [-0.39, 0.29) is 0 Å². The van der Waals surface area contributed by atoms with Crippen molar-refractivity contribution in [1.29, 1.82) is 0 Å². The molecule has 0 saturated carbocycles. The average molecular weight is 202 g/mol. The van der Waals surface area contributed by atoms with E-state index in [0.29, 0.717) is 5.92 Å². The number of thiophene rings is 1. The number of halogens is 1. The summed E-state index contributed by atoms with van der Waals surface area (Å²) >= 11 is 7.66. The molecule has 1 unspecified atom stereocenters. The van der Waals surface area contributed by atoms with Crippen LogP contribution >= 0.6 is 22.9 Å². The molecule has 0 aliphatic heterocycles. The van der Waals surface area contributed by atoms with Crippen molar-refractivity contribution in [2.75, 3.05) is 6.54 Å². The number of aryl methyl sites for hydroxylation is 1. The van der Waals surface area contributed by atoms with Gasteiger partial charge >= 0.3 is 0 Å². The molecule has 1 atom stereocenters. The van der Waals surface area contributed by atoms with Crippen molar-refractivity contribution in [3.05, 3.63) is 20.8 Å². The van der Waals surface area contributed by atoms with E-state index in [0.717, 1.165) is 17.3 Å². The first-order valence-corrected chi connectivity index (χ1v) is 5.46. The second kappa shape index (κ2) is 3.36. The zero-order valence-electron chi connectivity index (χ0n) is 6.85. The quantitative estimate of drug-likeness (QED) is 0.743. The maximum atomic E-state index is 5.93. The van der Waals surface area contributed by atoms with E-state index in [1.807, 2.05) is 0 Å². The van der Waals surface area contributed by atoms with Crippen molar-refractivity contribution < 1.29 is 0 Å². The molecule has 1 nitrogen and oxygen atoms in total. The summed E-state index contributed by atoms with van der Waals surface area (Å²) in [5.41, 5.74) is 7.07. The number of fused-ring (bicyclic) bond motifs is 1. The minimum atomic E-state index is 0.683. The molecule has 0 bridgehead atoms. The standard InChI is InChI=1S/C9H12ClNS/c10-9-4-7-3-6(5-11)1-2-8(7)12-9/h4,6H,1-3,5,11H2. The molecule has 1 heterocycles. The molecular weight excluding hydrogens is 190 g/mol. The molecule has 0 amide bonds. The van der Waals surface area contributed by atoms with Gasteiger partial charge in [0, 0.05) is 4.88 Å². The average Bonchev–Trinajstić information content (AvgIpc) is 2.43. The molecule has 2 rings (SSSR count). The lowest BCUT2D eigenvalue weighted by Crippen LogP contribution is -2.20. The van der Waals surface area contributed by atoms with Gasteiger partial charge in [-0.05, 0) is 43.4 Å². The first-order valence-electron chi connectivity index (χ1n) is 4.26. The van der Waals surface area contributed by atoms with Crippen LogP contribution < -0.4 is 5.73 Å². The van der Waals surface area contributed by atoms with Crippen LogP contribution in [0.4, 0.5) is 0 Å². The van der Waals surface area contributed by atoms with Crippen LogP contribution in [0.1, 0.15) is 16.9 Å². The van der Waals surface area contributed by atoms with Gasteiger partial charge in [0.25, 0.3) is 0 Å². The zero-order valence-corrected chi connectivity index (χ0v) is 8.42. The van der Waals surface area contributed by atoms with Crippen molar-refractivity contribution in [1.82, 2.24) is 0 Å². The van der Waals surface area contributed by atoms with Gasteiger partial charge in [0.2, 0.25) is 0 Å². The Balaban J connectivity index is 2.22. The normalized spacial score (nSPS) is 22.3. The molecule has 0 spiro atoms. The largest absolute Gasteiger partial charge is 0.330 e. The predicted octanol–water partition coefficient (Wildman–Crippen LogP) is 2.47. The number of hydrogen-bond donors (Lipinski definition) is 1. The monoisotopic (exact) mass is 201 g/mol. The van der Waals surface area contributed by atoms with Gasteiger partial charge in [-0.2, -0.15) is 0 Å². The summed E-state index contributed by atoms with van der Waals surface area (Å²) in [7, 11) is 0. The molecule has 1 aromatic heterocycles. The van der Waals surface area contributed by atoms with Gasteiger partial charge in [0.05, 0.1) is 4.34 Å². The molecular formula is C9H12ClNS. The van der Waals surface area contributed by atoms with Crippen LogP contribution in [-0.4, -0.2) is 6.54 Å². The van der Waals surface area contributed by atoms with Crippen LogP contribution in [0.25, 0.3) is 0 Å².